The molecule has 15 heavy (non-hydrogen) atoms. The lowest BCUT2D eigenvalue weighted by Crippen LogP contribution is -2.42. The lowest BCUT2D eigenvalue weighted by atomic mass is 9.94. The van der Waals surface area contributed by atoms with E-state index in [2.05, 4.69) is 10.6 Å². The molecule has 5 heteroatoms. The number of carbonyl (C=O) groups excluding carboxylic acids is 1. The largest absolute Gasteiger partial charge is 0.481 e. The highest BCUT2D eigenvalue weighted by Crippen LogP contribution is 2.18. The van der Waals surface area contributed by atoms with Crippen molar-refractivity contribution < 1.29 is 14.7 Å². The molecule has 1 aliphatic carbocycles. The molecular weight excluding hydrogens is 196 g/mol. The normalized spacial score (nSPS) is 16.1. The van der Waals surface area contributed by atoms with Gasteiger partial charge < -0.3 is 15.7 Å². The number of carbonyl (C=O) groups is 2. The number of aliphatic carboxylic acids is 1. The van der Waals surface area contributed by atoms with Crippen LogP contribution in [0.25, 0.3) is 0 Å². The minimum absolute atomic E-state index is 0.142. The first-order valence-corrected chi connectivity index (χ1v) is 5.15. The first-order valence-electron chi connectivity index (χ1n) is 5.15. The Hall–Kier alpha value is -1.10. The van der Waals surface area contributed by atoms with Crippen LogP contribution in [-0.2, 0) is 9.59 Å². The summed E-state index contributed by atoms with van der Waals surface area (Å²) >= 11 is 0. The topological polar surface area (TPSA) is 78.4 Å². The van der Waals surface area contributed by atoms with Crippen LogP contribution in [0.1, 0.15) is 26.7 Å². The molecule has 0 bridgehead atoms. The summed E-state index contributed by atoms with van der Waals surface area (Å²) in [4.78, 5) is 22.0. The molecule has 0 aromatic carbocycles. The van der Waals surface area contributed by atoms with Crippen LogP contribution in [-0.4, -0.2) is 36.1 Å². The van der Waals surface area contributed by atoms with Crippen molar-refractivity contribution in [2.75, 3.05) is 13.1 Å². The summed E-state index contributed by atoms with van der Waals surface area (Å²) in [6, 6.07) is 0.489. The maximum absolute atomic E-state index is 11.3. The SMILES string of the molecule is CC(C)(CNC(=O)CNC1CC1)C(=O)O. The van der Waals surface area contributed by atoms with Gasteiger partial charge in [-0.25, -0.2) is 0 Å². The molecule has 0 unspecified atom stereocenters. The van der Waals surface area contributed by atoms with E-state index in [4.69, 9.17) is 5.11 Å². The van der Waals surface area contributed by atoms with E-state index >= 15 is 0 Å². The third-order valence-corrected chi connectivity index (χ3v) is 2.44. The van der Waals surface area contributed by atoms with Crippen LogP contribution in [0.2, 0.25) is 0 Å². The number of carboxylic acid groups (broad SMARTS) is 1. The Balaban J connectivity index is 2.17. The van der Waals surface area contributed by atoms with E-state index in [0.717, 1.165) is 12.8 Å². The Bertz CT molecular complexity index is 259. The summed E-state index contributed by atoms with van der Waals surface area (Å²) in [5, 5.41) is 14.5. The zero-order valence-electron chi connectivity index (χ0n) is 9.17. The molecule has 0 radical (unpaired) electrons. The molecule has 1 fully saturated rings. The zero-order valence-corrected chi connectivity index (χ0v) is 9.17. The highest BCUT2D eigenvalue weighted by molar-refractivity contribution is 5.80. The van der Waals surface area contributed by atoms with Gasteiger partial charge >= 0.3 is 5.97 Å². The molecular formula is C10H18N2O3. The summed E-state index contributed by atoms with van der Waals surface area (Å²) in [7, 11) is 0. The van der Waals surface area contributed by atoms with Gasteiger partial charge in [-0.05, 0) is 26.7 Å². The third kappa shape index (κ3) is 4.29. The van der Waals surface area contributed by atoms with Gasteiger partial charge in [0.25, 0.3) is 0 Å². The van der Waals surface area contributed by atoms with Gasteiger partial charge in [-0.2, -0.15) is 0 Å². The quantitative estimate of drug-likeness (QED) is 0.580. The van der Waals surface area contributed by atoms with Gasteiger partial charge in [0.1, 0.15) is 0 Å². The maximum Gasteiger partial charge on any atom is 0.310 e. The Kier molecular flexibility index (Phi) is 3.68. The Morgan fingerprint density at radius 3 is 2.47 bits per heavy atom. The lowest BCUT2D eigenvalue weighted by Gasteiger charge is -2.19. The fourth-order valence-electron chi connectivity index (χ4n) is 0.982. The first kappa shape index (κ1) is 12.0. The summed E-state index contributed by atoms with van der Waals surface area (Å²) in [6.07, 6.45) is 2.27. The molecule has 3 N–H and O–H groups in total. The standard InChI is InChI=1S/C10H18N2O3/c1-10(2,9(14)15)6-12-8(13)5-11-7-3-4-7/h7,11H,3-6H2,1-2H3,(H,12,13)(H,14,15). The van der Waals surface area contributed by atoms with Crippen molar-refractivity contribution in [1.82, 2.24) is 10.6 Å². The molecule has 5 nitrogen and oxygen atoms in total. The van der Waals surface area contributed by atoms with Crippen LogP contribution < -0.4 is 10.6 Å². The molecule has 0 saturated heterocycles. The van der Waals surface area contributed by atoms with Crippen LogP contribution >= 0.6 is 0 Å². The van der Waals surface area contributed by atoms with E-state index in [1.54, 1.807) is 13.8 Å². The van der Waals surface area contributed by atoms with Gasteiger partial charge in [-0.1, -0.05) is 0 Å². The van der Waals surface area contributed by atoms with Crippen molar-refractivity contribution in [2.45, 2.75) is 32.7 Å². The minimum Gasteiger partial charge on any atom is -0.481 e. The number of carboxylic acids is 1. The average molecular weight is 214 g/mol. The van der Waals surface area contributed by atoms with Crippen molar-refractivity contribution in [3.8, 4) is 0 Å². The Labute approximate surface area is 89.2 Å². The molecule has 1 aliphatic rings. The van der Waals surface area contributed by atoms with Crippen LogP contribution in [0.3, 0.4) is 0 Å². The van der Waals surface area contributed by atoms with Gasteiger partial charge in [-0.3, -0.25) is 9.59 Å². The molecule has 1 saturated carbocycles. The Morgan fingerprint density at radius 2 is 2.00 bits per heavy atom. The number of hydrogen-bond donors (Lipinski definition) is 3. The molecule has 0 aromatic heterocycles. The number of amides is 1. The second-order valence-electron chi connectivity index (χ2n) is 4.62. The molecule has 0 aliphatic heterocycles. The molecule has 0 spiro atoms. The summed E-state index contributed by atoms with van der Waals surface area (Å²) in [6.45, 7) is 3.61. The predicted octanol–water partition coefficient (Wildman–Crippen LogP) is -0.0346. The first-order chi connectivity index (χ1) is 6.92. The second kappa shape index (κ2) is 4.61. The van der Waals surface area contributed by atoms with Crippen molar-refractivity contribution in [1.29, 1.82) is 0 Å². The number of hydrogen-bond acceptors (Lipinski definition) is 3. The van der Waals surface area contributed by atoms with Crippen LogP contribution in [0.4, 0.5) is 0 Å². The van der Waals surface area contributed by atoms with Crippen LogP contribution in [0.15, 0.2) is 0 Å². The van der Waals surface area contributed by atoms with Gasteiger partial charge in [0.2, 0.25) is 5.91 Å². The fourth-order valence-corrected chi connectivity index (χ4v) is 0.982. The van der Waals surface area contributed by atoms with Crippen molar-refractivity contribution in [3.63, 3.8) is 0 Å². The Morgan fingerprint density at radius 1 is 1.40 bits per heavy atom. The van der Waals surface area contributed by atoms with Crippen LogP contribution in [0, 0.1) is 5.41 Å². The zero-order chi connectivity index (χ0) is 11.5. The highest BCUT2D eigenvalue weighted by atomic mass is 16.4. The minimum atomic E-state index is -0.907. The van der Waals surface area contributed by atoms with E-state index in [1.165, 1.54) is 0 Å². The van der Waals surface area contributed by atoms with Gasteiger partial charge in [0, 0.05) is 12.6 Å². The fraction of sp³-hybridized carbons (Fsp3) is 0.800. The van der Waals surface area contributed by atoms with Crippen LogP contribution in [0.5, 0.6) is 0 Å². The van der Waals surface area contributed by atoms with Crippen molar-refractivity contribution >= 4 is 11.9 Å². The lowest BCUT2D eigenvalue weighted by molar-refractivity contribution is -0.146. The van der Waals surface area contributed by atoms with E-state index in [-0.39, 0.29) is 19.0 Å². The molecule has 1 amide bonds. The van der Waals surface area contributed by atoms with Crippen molar-refractivity contribution in [2.24, 2.45) is 5.41 Å². The predicted molar refractivity (Wildman–Crippen MR) is 55.5 cm³/mol. The second-order valence-corrected chi connectivity index (χ2v) is 4.62. The van der Waals surface area contributed by atoms with E-state index in [0.29, 0.717) is 6.04 Å². The summed E-state index contributed by atoms with van der Waals surface area (Å²) in [5.41, 5.74) is -0.907. The number of rotatable bonds is 6. The van der Waals surface area contributed by atoms with Gasteiger partial charge in [0.05, 0.1) is 12.0 Å². The average Bonchev–Trinajstić information content (AvgIpc) is 2.94. The summed E-state index contributed by atoms with van der Waals surface area (Å²) in [5.74, 6) is -1.05. The van der Waals surface area contributed by atoms with E-state index in [9.17, 15) is 9.59 Å². The van der Waals surface area contributed by atoms with E-state index in [1.807, 2.05) is 0 Å². The van der Waals surface area contributed by atoms with Gasteiger partial charge in [0.15, 0.2) is 0 Å². The molecule has 0 aromatic rings. The number of nitrogens with one attached hydrogen (secondary N) is 2. The molecule has 0 heterocycles. The van der Waals surface area contributed by atoms with Gasteiger partial charge in [-0.15, -0.1) is 0 Å². The van der Waals surface area contributed by atoms with Crippen molar-refractivity contribution in [3.05, 3.63) is 0 Å². The molecule has 0 atom stereocenters. The van der Waals surface area contributed by atoms with E-state index < -0.39 is 11.4 Å². The summed E-state index contributed by atoms with van der Waals surface area (Å²) < 4.78 is 0. The highest BCUT2D eigenvalue weighted by Gasteiger charge is 2.27. The monoisotopic (exact) mass is 214 g/mol. The molecule has 1 rings (SSSR count). The maximum atomic E-state index is 11.3. The molecule has 86 valence electrons. The third-order valence-electron chi connectivity index (χ3n) is 2.44. The smallest absolute Gasteiger partial charge is 0.310 e.